The quantitative estimate of drug-likeness (QED) is 0.219. The van der Waals surface area contributed by atoms with Crippen molar-refractivity contribution in [2.24, 2.45) is 4.99 Å². The molecule has 1 amide bonds. The molecule has 7 heteroatoms. The van der Waals surface area contributed by atoms with Crippen LogP contribution < -0.4 is 16.0 Å². The molecule has 28 heavy (non-hydrogen) atoms. The Balaban J connectivity index is 0.00000392. The highest BCUT2D eigenvalue weighted by atomic mass is 127. The zero-order chi connectivity index (χ0) is 19.5. The van der Waals surface area contributed by atoms with Crippen molar-refractivity contribution >= 4 is 47.6 Å². The SMILES string of the molecule is CCNC(=NCc1ccc(SC)cc1)NCCc1cccc(C(=O)NC)c1.I. The summed E-state index contributed by atoms with van der Waals surface area (Å²) in [6.07, 6.45) is 2.89. The molecule has 0 heterocycles. The van der Waals surface area contributed by atoms with Gasteiger partial charge in [0, 0.05) is 30.6 Å². The minimum Gasteiger partial charge on any atom is -0.357 e. The van der Waals surface area contributed by atoms with Crippen molar-refractivity contribution in [3.63, 3.8) is 0 Å². The third-order valence-electron chi connectivity index (χ3n) is 4.05. The number of nitrogens with zero attached hydrogens (tertiary/aromatic N) is 1. The molecular formula is C21H29IN4OS. The van der Waals surface area contributed by atoms with Gasteiger partial charge in [-0.15, -0.1) is 35.7 Å². The predicted octanol–water partition coefficient (Wildman–Crippen LogP) is 3.68. The fourth-order valence-corrected chi connectivity index (χ4v) is 2.99. The average Bonchev–Trinajstić information content (AvgIpc) is 2.72. The molecule has 3 N–H and O–H groups in total. The first-order valence-corrected chi connectivity index (χ1v) is 10.3. The molecule has 0 saturated heterocycles. The summed E-state index contributed by atoms with van der Waals surface area (Å²) in [4.78, 5) is 17.6. The molecule has 2 aromatic rings. The van der Waals surface area contributed by atoms with Gasteiger partial charge in [0.25, 0.3) is 5.91 Å². The minimum absolute atomic E-state index is 0. The van der Waals surface area contributed by atoms with Gasteiger partial charge in [0.05, 0.1) is 6.54 Å². The van der Waals surface area contributed by atoms with Crippen molar-refractivity contribution in [3.05, 3.63) is 65.2 Å². The summed E-state index contributed by atoms with van der Waals surface area (Å²) in [5.74, 6) is 0.737. The van der Waals surface area contributed by atoms with Crippen LogP contribution >= 0.6 is 35.7 Å². The number of carbonyl (C=O) groups excluding carboxylic acids is 1. The van der Waals surface area contributed by atoms with Gasteiger partial charge in [-0.25, -0.2) is 4.99 Å². The third-order valence-corrected chi connectivity index (χ3v) is 4.79. The molecule has 0 fully saturated rings. The van der Waals surface area contributed by atoms with Crippen LogP contribution in [0.1, 0.15) is 28.4 Å². The Kier molecular flexibility index (Phi) is 11.7. The maximum atomic E-state index is 11.7. The largest absolute Gasteiger partial charge is 0.357 e. The van der Waals surface area contributed by atoms with E-state index >= 15 is 0 Å². The summed E-state index contributed by atoms with van der Waals surface area (Å²) in [6, 6.07) is 16.2. The molecule has 0 unspecified atom stereocenters. The van der Waals surface area contributed by atoms with E-state index in [9.17, 15) is 4.79 Å². The maximum absolute atomic E-state index is 11.7. The van der Waals surface area contributed by atoms with Gasteiger partial charge in [0.1, 0.15) is 0 Å². The summed E-state index contributed by atoms with van der Waals surface area (Å²) < 4.78 is 0. The van der Waals surface area contributed by atoms with Gasteiger partial charge in [-0.1, -0.05) is 24.3 Å². The Hall–Kier alpha value is -1.74. The van der Waals surface area contributed by atoms with Gasteiger partial charge < -0.3 is 16.0 Å². The minimum atomic E-state index is -0.0628. The lowest BCUT2D eigenvalue weighted by atomic mass is 10.1. The Morgan fingerprint density at radius 1 is 1.07 bits per heavy atom. The van der Waals surface area contributed by atoms with Crippen LogP contribution in [0.15, 0.2) is 58.4 Å². The van der Waals surface area contributed by atoms with Crippen LogP contribution in [-0.4, -0.2) is 38.3 Å². The molecule has 0 aliphatic rings. The maximum Gasteiger partial charge on any atom is 0.251 e. The van der Waals surface area contributed by atoms with Gasteiger partial charge in [-0.05, 0) is 55.0 Å². The molecule has 0 radical (unpaired) electrons. The molecule has 2 rings (SSSR count). The third kappa shape index (κ3) is 8.10. The Labute approximate surface area is 189 Å². The number of carbonyl (C=O) groups is 1. The number of hydrogen-bond acceptors (Lipinski definition) is 3. The standard InChI is InChI=1S/C21H28N4OS.HI/c1-4-23-21(25-15-17-8-10-19(27-3)11-9-17)24-13-12-16-6-5-7-18(14-16)20(26)22-2;/h5-11,14H,4,12-13,15H2,1-3H3,(H,22,26)(H2,23,24,25);1H. The highest BCUT2D eigenvalue weighted by molar-refractivity contribution is 14.0. The number of benzene rings is 2. The highest BCUT2D eigenvalue weighted by Gasteiger charge is 2.04. The summed E-state index contributed by atoms with van der Waals surface area (Å²) in [5.41, 5.74) is 2.99. The topological polar surface area (TPSA) is 65.5 Å². The van der Waals surface area contributed by atoms with E-state index < -0.39 is 0 Å². The second-order valence-electron chi connectivity index (χ2n) is 6.00. The van der Waals surface area contributed by atoms with E-state index in [4.69, 9.17) is 0 Å². The number of guanidine groups is 1. The normalized spacial score (nSPS) is 10.8. The highest BCUT2D eigenvalue weighted by Crippen LogP contribution is 2.15. The van der Waals surface area contributed by atoms with E-state index in [-0.39, 0.29) is 29.9 Å². The van der Waals surface area contributed by atoms with E-state index in [1.165, 1.54) is 10.5 Å². The molecule has 0 saturated carbocycles. The second-order valence-corrected chi connectivity index (χ2v) is 6.88. The Morgan fingerprint density at radius 3 is 2.46 bits per heavy atom. The predicted molar refractivity (Wildman–Crippen MR) is 130 cm³/mol. The molecule has 152 valence electrons. The molecule has 0 aromatic heterocycles. The van der Waals surface area contributed by atoms with Gasteiger partial charge in [-0.3, -0.25) is 4.79 Å². The van der Waals surface area contributed by atoms with Gasteiger partial charge in [0.15, 0.2) is 5.96 Å². The van der Waals surface area contributed by atoms with Crippen molar-refractivity contribution in [2.45, 2.75) is 24.8 Å². The van der Waals surface area contributed by atoms with Crippen molar-refractivity contribution in [1.29, 1.82) is 0 Å². The lowest BCUT2D eigenvalue weighted by molar-refractivity contribution is 0.0963. The number of hydrogen-bond donors (Lipinski definition) is 3. The van der Waals surface area contributed by atoms with Gasteiger partial charge in [-0.2, -0.15) is 0 Å². The van der Waals surface area contributed by atoms with Crippen molar-refractivity contribution < 1.29 is 4.79 Å². The summed E-state index contributed by atoms with van der Waals surface area (Å²) in [5, 5.41) is 9.28. The Bertz CT molecular complexity index is 765. The zero-order valence-corrected chi connectivity index (χ0v) is 19.8. The molecule has 0 aliphatic carbocycles. The number of amides is 1. The van der Waals surface area contributed by atoms with Crippen molar-refractivity contribution in [2.75, 3.05) is 26.4 Å². The van der Waals surface area contributed by atoms with E-state index in [1.54, 1.807) is 18.8 Å². The molecule has 0 spiro atoms. The van der Waals surface area contributed by atoms with Gasteiger partial charge >= 0.3 is 0 Å². The first-order chi connectivity index (χ1) is 13.2. The molecule has 5 nitrogen and oxygen atoms in total. The Morgan fingerprint density at radius 2 is 1.82 bits per heavy atom. The van der Waals surface area contributed by atoms with Crippen LogP contribution in [0.25, 0.3) is 0 Å². The number of halogens is 1. The number of aliphatic imine (C=N–C) groups is 1. The van der Waals surface area contributed by atoms with E-state index in [2.05, 4.69) is 58.4 Å². The monoisotopic (exact) mass is 512 g/mol. The summed E-state index contributed by atoms with van der Waals surface area (Å²) >= 11 is 1.74. The zero-order valence-electron chi connectivity index (χ0n) is 16.6. The first kappa shape index (κ1) is 24.3. The lowest BCUT2D eigenvalue weighted by Gasteiger charge is -2.12. The molecule has 0 atom stereocenters. The van der Waals surface area contributed by atoms with Crippen molar-refractivity contribution in [3.8, 4) is 0 Å². The number of rotatable bonds is 8. The molecule has 0 aliphatic heterocycles. The van der Waals surface area contributed by atoms with Crippen LogP contribution in [0.3, 0.4) is 0 Å². The van der Waals surface area contributed by atoms with Crippen LogP contribution in [0.5, 0.6) is 0 Å². The van der Waals surface area contributed by atoms with Crippen molar-refractivity contribution in [1.82, 2.24) is 16.0 Å². The first-order valence-electron chi connectivity index (χ1n) is 9.12. The number of thioether (sulfide) groups is 1. The number of nitrogens with one attached hydrogen (secondary N) is 3. The summed E-state index contributed by atoms with van der Waals surface area (Å²) in [6.45, 7) is 4.24. The second kappa shape index (κ2) is 13.4. The fraction of sp³-hybridized carbons (Fsp3) is 0.333. The molecule has 0 bridgehead atoms. The smallest absolute Gasteiger partial charge is 0.251 e. The fourth-order valence-electron chi connectivity index (χ4n) is 2.58. The molecule has 2 aromatic carbocycles. The molecular weight excluding hydrogens is 483 g/mol. The van der Waals surface area contributed by atoms with Gasteiger partial charge in [0.2, 0.25) is 0 Å². The lowest BCUT2D eigenvalue weighted by Crippen LogP contribution is -2.38. The average molecular weight is 512 g/mol. The van der Waals surface area contributed by atoms with E-state index in [1.807, 2.05) is 24.3 Å². The van der Waals surface area contributed by atoms with E-state index in [0.29, 0.717) is 12.1 Å². The van der Waals surface area contributed by atoms with Crippen LogP contribution in [0.2, 0.25) is 0 Å². The van der Waals surface area contributed by atoms with Crippen LogP contribution in [-0.2, 0) is 13.0 Å². The van der Waals surface area contributed by atoms with Crippen LogP contribution in [0, 0.1) is 0 Å². The van der Waals surface area contributed by atoms with E-state index in [0.717, 1.165) is 31.0 Å². The van der Waals surface area contributed by atoms with Crippen LogP contribution in [0.4, 0.5) is 0 Å². The summed E-state index contributed by atoms with van der Waals surface area (Å²) in [7, 11) is 1.64.